The highest BCUT2D eigenvalue weighted by Gasteiger charge is 2.25. The number of hydrogen-bond acceptors (Lipinski definition) is 5. The minimum atomic E-state index is -3.38. The molecule has 7 nitrogen and oxygen atoms in total. The van der Waals surface area contributed by atoms with Crippen molar-refractivity contribution >= 4 is 15.9 Å². The molecule has 1 amide bonds. The molecule has 1 aromatic heterocycles. The van der Waals surface area contributed by atoms with Gasteiger partial charge >= 0.3 is 0 Å². The Bertz CT molecular complexity index is 621. The van der Waals surface area contributed by atoms with E-state index in [4.69, 9.17) is 0 Å². The summed E-state index contributed by atoms with van der Waals surface area (Å²) in [6.45, 7) is 5.25. The number of amides is 1. The maximum absolute atomic E-state index is 12.4. The Morgan fingerprint density at radius 3 is 2.74 bits per heavy atom. The molecule has 0 spiro atoms. The maximum atomic E-state index is 12.4. The predicted octanol–water partition coefficient (Wildman–Crippen LogP) is 0.0536. The van der Waals surface area contributed by atoms with Gasteiger partial charge in [-0.25, -0.2) is 13.1 Å². The van der Waals surface area contributed by atoms with Crippen LogP contribution < -0.4 is 4.72 Å². The molecule has 1 aliphatic rings. The number of hydrogen-bond donors (Lipinski definition) is 1. The summed E-state index contributed by atoms with van der Waals surface area (Å²) in [4.78, 5) is 20.7. The van der Waals surface area contributed by atoms with Crippen molar-refractivity contribution in [1.82, 2.24) is 19.5 Å². The van der Waals surface area contributed by atoms with Crippen LogP contribution >= 0.6 is 0 Å². The molecule has 128 valence electrons. The zero-order valence-electron chi connectivity index (χ0n) is 13.6. The van der Waals surface area contributed by atoms with Gasteiger partial charge in [0.05, 0.1) is 18.0 Å². The van der Waals surface area contributed by atoms with Crippen molar-refractivity contribution in [3.63, 3.8) is 0 Å². The van der Waals surface area contributed by atoms with Gasteiger partial charge in [0.15, 0.2) is 0 Å². The molecule has 1 saturated heterocycles. The Morgan fingerprint density at radius 1 is 1.30 bits per heavy atom. The van der Waals surface area contributed by atoms with Crippen LogP contribution in [0.1, 0.15) is 19.0 Å². The number of carbonyl (C=O) groups excluding carboxylic acids is 1. The van der Waals surface area contributed by atoms with Gasteiger partial charge in [-0.3, -0.25) is 14.7 Å². The molecule has 0 radical (unpaired) electrons. The number of aromatic nitrogens is 1. The van der Waals surface area contributed by atoms with Gasteiger partial charge in [-0.1, -0.05) is 6.07 Å². The van der Waals surface area contributed by atoms with Crippen molar-refractivity contribution in [1.29, 1.82) is 0 Å². The lowest BCUT2D eigenvalue weighted by atomic mass is 10.3. The molecule has 0 saturated carbocycles. The topological polar surface area (TPSA) is 82.6 Å². The van der Waals surface area contributed by atoms with E-state index >= 15 is 0 Å². The minimum absolute atomic E-state index is 0.171. The summed E-state index contributed by atoms with van der Waals surface area (Å²) >= 11 is 0. The number of nitrogens with one attached hydrogen (secondary N) is 1. The highest BCUT2D eigenvalue weighted by atomic mass is 32.2. The fraction of sp³-hybridized carbons (Fsp3) is 0.600. The Kier molecular flexibility index (Phi) is 6.09. The molecule has 8 heteroatoms. The van der Waals surface area contributed by atoms with E-state index in [2.05, 4.69) is 14.6 Å². The summed E-state index contributed by atoms with van der Waals surface area (Å²) in [5, 5.41) is 0. The van der Waals surface area contributed by atoms with Crippen LogP contribution in [-0.4, -0.2) is 67.6 Å². The molecule has 2 rings (SSSR count). The van der Waals surface area contributed by atoms with Crippen LogP contribution in [-0.2, 0) is 21.4 Å². The van der Waals surface area contributed by atoms with E-state index in [0.717, 1.165) is 38.0 Å². The third kappa shape index (κ3) is 5.89. The Hall–Kier alpha value is -1.51. The lowest BCUT2D eigenvalue weighted by Crippen LogP contribution is -2.47. The van der Waals surface area contributed by atoms with Crippen LogP contribution in [0, 0.1) is 0 Å². The van der Waals surface area contributed by atoms with Crippen molar-refractivity contribution in [2.75, 3.05) is 32.4 Å². The van der Waals surface area contributed by atoms with Crippen molar-refractivity contribution in [3.05, 3.63) is 30.1 Å². The van der Waals surface area contributed by atoms with Gasteiger partial charge in [-0.05, 0) is 25.5 Å². The van der Waals surface area contributed by atoms with Gasteiger partial charge in [0, 0.05) is 38.9 Å². The first kappa shape index (κ1) is 17.8. The summed E-state index contributed by atoms with van der Waals surface area (Å²) in [5.74, 6) is -0.171. The SMILES string of the molecule is C[C@@H](NS(C)(=O)=O)C(=O)N1CCCN(Cc2ccccn2)CC1. The summed E-state index contributed by atoms with van der Waals surface area (Å²) < 4.78 is 24.9. The molecular weight excluding hydrogens is 316 g/mol. The minimum Gasteiger partial charge on any atom is -0.340 e. The van der Waals surface area contributed by atoms with Crippen molar-refractivity contribution in [3.8, 4) is 0 Å². The van der Waals surface area contributed by atoms with E-state index in [1.54, 1.807) is 18.0 Å². The fourth-order valence-electron chi connectivity index (χ4n) is 2.72. The van der Waals surface area contributed by atoms with Crippen LogP contribution in [0.5, 0.6) is 0 Å². The Labute approximate surface area is 137 Å². The smallest absolute Gasteiger partial charge is 0.240 e. The van der Waals surface area contributed by atoms with E-state index < -0.39 is 16.1 Å². The molecule has 0 bridgehead atoms. The molecule has 0 unspecified atom stereocenters. The second-order valence-corrected chi connectivity index (χ2v) is 7.67. The van der Waals surface area contributed by atoms with Gasteiger partial charge in [-0.2, -0.15) is 0 Å². The van der Waals surface area contributed by atoms with Crippen molar-refractivity contribution in [2.45, 2.75) is 25.9 Å². The third-order valence-corrected chi connectivity index (χ3v) is 4.55. The summed E-state index contributed by atoms with van der Waals surface area (Å²) in [5.41, 5.74) is 1.01. The summed E-state index contributed by atoms with van der Waals surface area (Å²) in [7, 11) is -3.38. The standard InChI is InChI=1S/C15H24N4O3S/c1-13(17-23(2,21)22)15(20)19-9-5-8-18(10-11-19)12-14-6-3-4-7-16-14/h3-4,6-7,13,17H,5,8-12H2,1-2H3/t13-/m1/s1. The second kappa shape index (κ2) is 7.85. The van der Waals surface area contributed by atoms with Crippen molar-refractivity contribution < 1.29 is 13.2 Å². The Balaban J connectivity index is 1.89. The zero-order valence-corrected chi connectivity index (χ0v) is 14.4. The fourth-order valence-corrected chi connectivity index (χ4v) is 3.46. The largest absolute Gasteiger partial charge is 0.340 e. The predicted molar refractivity (Wildman–Crippen MR) is 88.2 cm³/mol. The molecule has 2 heterocycles. The molecule has 1 aromatic rings. The van der Waals surface area contributed by atoms with Crippen LogP contribution in [0.2, 0.25) is 0 Å². The number of rotatable bonds is 5. The van der Waals surface area contributed by atoms with Crippen LogP contribution in [0.4, 0.5) is 0 Å². The second-order valence-electron chi connectivity index (χ2n) is 5.89. The zero-order chi connectivity index (χ0) is 16.9. The third-order valence-electron chi connectivity index (χ3n) is 3.77. The van der Waals surface area contributed by atoms with Crippen molar-refractivity contribution in [2.24, 2.45) is 0 Å². The first-order valence-corrected chi connectivity index (χ1v) is 9.62. The van der Waals surface area contributed by atoms with Gasteiger partial charge in [-0.15, -0.1) is 0 Å². The molecule has 23 heavy (non-hydrogen) atoms. The van der Waals surface area contributed by atoms with E-state index in [1.165, 1.54) is 0 Å². The first-order chi connectivity index (χ1) is 10.8. The van der Waals surface area contributed by atoms with Crippen LogP contribution in [0.15, 0.2) is 24.4 Å². The molecule has 1 N–H and O–H groups in total. The first-order valence-electron chi connectivity index (χ1n) is 7.73. The quantitative estimate of drug-likeness (QED) is 0.819. The van der Waals surface area contributed by atoms with Crippen LogP contribution in [0.25, 0.3) is 0 Å². The number of nitrogens with zero attached hydrogens (tertiary/aromatic N) is 3. The molecule has 1 atom stereocenters. The van der Waals surface area contributed by atoms with Gasteiger partial charge < -0.3 is 4.90 Å². The molecule has 1 fully saturated rings. The van der Waals surface area contributed by atoms with Gasteiger partial charge in [0.1, 0.15) is 0 Å². The molecule has 0 aromatic carbocycles. The van der Waals surface area contributed by atoms with E-state index in [9.17, 15) is 13.2 Å². The number of carbonyl (C=O) groups is 1. The molecule has 1 aliphatic heterocycles. The van der Waals surface area contributed by atoms with E-state index in [-0.39, 0.29) is 5.91 Å². The lowest BCUT2D eigenvalue weighted by molar-refractivity contribution is -0.132. The monoisotopic (exact) mass is 340 g/mol. The van der Waals surface area contributed by atoms with Gasteiger partial charge in [0.25, 0.3) is 0 Å². The maximum Gasteiger partial charge on any atom is 0.240 e. The van der Waals surface area contributed by atoms with E-state index in [0.29, 0.717) is 13.1 Å². The average molecular weight is 340 g/mol. The summed E-state index contributed by atoms with van der Waals surface area (Å²) in [6, 6.07) is 5.12. The number of sulfonamides is 1. The average Bonchev–Trinajstić information content (AvgIpc) is 2.71. The van der Waals surface area contributed by atoms with E-state index in [1.807, 2.05) is 18.2 Å². The highest BCUT2D eigenvalue weighted by molar-refractivity contribution is 7.88. The van der Waals surface area contributed by atoms with Crippen LogP contribution in [0.3, 0.4) is 0 Å². The number of pyridine rings is 1. The Morgan fingerprint density at radius 2 is 2.09 bits per heavy atom. The summed E-state index contributed by atoms with van der Waals surface area (Å²) in [6.07, 6.45) is 3.71. The lowest BCUT2D eigenvalue weighted by Gasteiger charge is -2.24. The highest BCUT2D eigenvalue weighted by Crippen LogP contribution is 2.08. The molecule has 0 aliphatic carbocycles. The molecular formula is C15H24N4O3S. The normalized spacial score (nSPS) is 18.4. The van der Waals surface area contributed by atoms with Gasteiger partial charge in [0.2, 0.25) is 15.9 Å².